The van der Waals surface area contributed by atoms with E-state index in [9.17, 15) is 14.7 Å². The molecule has 2 fully saturated rings. The Morgan fingerprint density at radius 2 is 1.94 bits per heavy atom. The van der Waals surface area contributed by atoms with Crippen LogP contribution in [0, 0.1) is 11.8 Å². The topological polar surface area (TPSA) is 63.6 Å². The van der Waals surface area contributed by atoms with E-state index >= 15 is 0 Å². The van der Waals surface area contributed by atoms with Crippen LogP contribution in [-0.2, 0) is 14.3 Å². The Bertz CT molecular complexity index is 296. The summed E-state index contributed by atoms with van der Waals surface area (Å²) >= 11 is 0. The van der Waals surface area contributed by atoms with Crippen molar-refractivity contribution in [2.45, 2.75) is 44.6 Å². The molecule has 0 bridgehead atoms. The van der Waals surface area contributed by atoms with E-state index in [1.165, 1.54) is 12.8 Å². The minimum atomic E-state index is -0.496. The highest BCUT2D eigenvalue weighted by Crippen LogP contribution is 2.33. The Morgan fingerprint density at radius 3 is 2.59 bits per heavy atom. The molecule has 4 nitrogen and oxygen atoms in total. The molecule has 1 saturated carbocycles. The third-order valence-electron chi connectivity index (χ3n) is 3.67. The second-order valence-corrected chi connectivity index (χ2v) is 5.22. The minimum absolute atomic E-state index is 0.144. The lowest BCUT2D eigenvalue weighted by atomic mass is 9.91. The number of hydrogen-bond donors (Lipinski definition) is 1. The summed E-state index contributed by atoms with van der Waals surface area (Å²) in [6, 6.07) is 0. The zero-order chi connectivity index (χ0) is 12.3. The van der Waals surface area contributed by atoms with Gasteiger partial charge in [-0.1, -0.05) is 12.8 Å². The molecule has 0 aromatic heterocycles. The maximum Gasteiger partial charge on any atom is 0.198 e. The number of ether oxygens (including phenoxy) is 1. The second-order valence-electron chi connectivity index (χ2n) is 5.22. The fourth-order valence-corrected chi connectivity index (χ4v) is 2.21. The van der Waals surface area contributed by atoms with Gasteiger partial charge in [-0.05, 0) is 18.8 Å². The largest absolute Gasteiger partial charge is 0.393 e. The molecule has 0 aromatic rings. The molecule has 0 aromatic carbocycles. The van der Waals surface area contributed by atoms with Crippen LogP contribution in [0.2, 0.25) is 0 Å². The van der Waals surface area contributed by atoms with Crippen molar-refractivity contribution in [2.75, 3.05) is 13.2 Å². The number of rotatable bonds is 6. The lowest BCUT2D eigenvalue weighted by Gasteiger charge is -2.26. The van der Waals surface area contributed by atoms with Gasteiger partial charge < -0.3 is 9.84 Å². The van der Waals surface area contributed by atoms with Gasteiger partial charge in [-0.15, -0.1) is 0 Å². The first-order chi connectivity index (χ1) is 8.16. The summed E-state index contributed by atoms with van der Waals surface area (Å²) in [6.45, 7) is 0.935. The zero-order valence-electron chi connectivity index (χ0n) is 10.1. The fraction of sp³-hybridized carbons (Fsp3) is 0.846. The van der Waals surface area contributed by atoms with Gasteiger partial charge in [0.2, 0.25) is 0 Å². The van der Waals surface area contributed by atoms with Crippen LogP contribution in [0.25, 0.3) is 0 Å². The zero-order valence-corrected chi connectivity index (χ0v) is 10.1. The van der Waals surface area contributed by atoms with E-state index < -0.39 is 6.10 Å². The van der Waals surface area contributed by atoms with Crippen molar-refractivity contribution in [2.24, 2.45) is 11.8 Å². The molecule has 1 aliphatic carbocycles. The quantitative estimate of drug-likeness (QED) is 0.706. The van der Waals surface area contributed by atoms with Crippen LogP contribution in [0.5, 0.6) is 0 Å². The molecule has 2 unspecified atom stereocenters. The molecule has 96 valence electrons. The number of hydrogen-bond acceptors (Lipinski definition) is 4. The molecule has 0 radical (unpaired) electrons. The van der Waals surface area contributed by atoms with Crippen molar-refractivity contribution < 1.29 is 19.4 Å². The molecular weight excluding hydrogens is 220 g/mol. The van der Waals surface area contributed by atoms with Crippen LogP contribution in [0.3, 0.4) is 0 Å². The number of Topliss-reactive ketones (excluding diaryl/α,β-unsaturated/α-hetero) is 2. The molecular formula is C13H20O4. The normalized spacial score (nSPS) is 29.0. The number of carbonyl (C=O) groups is 2. The minimum Gasteiger partial charge on any atom is -0.393 e. The van der Waals surface area contributed by atoms with E-state index in [1.54, 1.807) is 0 Å². The lowest BCUT2D eigenvalue weighted by molar-refractivity contribution is -0.139. The van der Waals surface area contributed by atoms with Crippen LogP contribution in [0.1, 0.15) is 38.5 Å². The highest BCUT2D eigenvalue weighted by Gasteiger charge is 2.29. The molecule has 1 aliphatic heterocycles. The average molecular weight is 240 g/mol. The first-order valence-electron chi connectivity index (χ1n) is 6.48. The predicted molar refractivity (Wildman–Crippen MR) is 61.5 cm³/mol. The molecule has 0 amide bonds. The van der Waals surface area contributed by atoms with Gasteiger partial charge in [-0.25, -0.2) is 0 Å². The van der Waals surface area contributed by atoms with Crippen molar-refractivity contribution in [3.8, 4) is 0 Å². The molecule has 2 atom stereocenters. The van der Waals surface area contributed by atoms with E-state index in [4.69, 9.17) is 4.74 Å². The van der Waals surface area contributed by atoms with Crippen molar-refractivity contribution in [1.29, 1.82) is 0 Å². The Kier molecular flexibility index (Phi) is 4.29. The van der Waals surface area contributed by atoms with Crippen molar-refractivity contribution in [3.63, 3.8) is 0 Å². The van der Waals surface area contributed by atoms with Gasteiger partial charge in [0.15, 0.2) is 11.6 Å². The Labute approximate surface area is 101 Å². The standard InChI is InChI=1S/C13H20O4/c14-11-5-6-17-8-10(11)7-13(16)12(15)4-3-9-1-2-9/h9-11,14H,1-8H2. The maximum atomic E-state index is 11.7. The second kappa shape index (κ2) is 5.74. The fourth-order valence-electron chi connectivity index (χ4n) is 2.21. The molecule has 1 N–H and O–H groups in total. The third kappa shape index (κ3) is 3.89. The summed E-state index contributed by atoms with van der Waals surface area (Å²) in [5, 5.41) is 9.68. The number of aliphatic hydroxyl groups is 1. The summed E-state index contributed by atoms with van der Waals surface area (Å²) in [5.41, 5.74) is 0. The van der Waals surface area contributed by atoms with Crippen molar-refractivity contribution in [3.05, 3.63) is 0 Å². The van der Waals surface area contributed by atoms with E-state index in [-0.39, 0.29) is 23.9 Å². The highest BCUT2D eigenvalue weighted by molar-refractivity contribution is 6.37. The van der Waals surface area contributed by atoms with Crippen molar-refractivity contribution >= 4 is 11.6 Å². The first-order valence-corrected chi connectivity index (χ1v) is 6.48. The molecule has 1 heterocycles. The van der Waals surface area contributed by atoms with Gasteiger partial charge in [0.1, 0.15) is 0 Å². The van der Waals surface area contributed by atoms with Crippen LogP contribution in [-0.4, -0.2) is 36.0 Å². The molecule has 2 aliphatic rings. The van der Waals surface area contributed by atoms with Gasteiger partial charge in [0.25, 0.3) is 0 Å². The Hall–Kier alpha value is -0.740. The monoisotopic (exact) mass is 240 g/mol. The van der Waals surface area contributed by atoms with Crippen LogP contribution < -0.4 is 0 Å². The van der Waals surface area contributed by atoms with Crippen LogP contribution in [0.4, 0.5) is 0 Å². The summed E-state index contributed by atoms with van der Waals surface area (Å²) in [7, 11) is 0. The van der Waals surface area contributed by atoms with E-state index in [0.717, 1.165) is 6.42 Å². The summed E-state index contributed by atoms with van der Waals surface area (Å²) in [6.07, 6.45) is 3.86. The number of aliphatic hydroxyl groups excluding tert-OH is 1. The highest BCUT2D eigenvalue weighted by atomic mass is 16.5. The first kappa shape index (κ1) is 12.7. The van der Waals surface area contributed by atoms with E-state index in [0.29, 0.717) is 32.0 Å². The summed E-state index contributed by atoms with van der Waals surface area (Å²) < 4.78 is 5.22. The van der Waals surface area contributed by atoms with Gasteiger partial charge in [-0.3, -0.25) is 9.59 Å². The molecule has 2 rings (SSSR count). The lowest BCUT2D eigenvalue weighted by Crippen LogP contribution is -2.34. The van der Waals surface area contributed by atoms with Crippen LogP contribution in [0.15, 0.2) is 0 Å². The van der Waals surface area contributed by atoms with E-state index in [1.807, 2.05) is 0 Å². The number of carbonyl (C=O) groups excluding carboxylic acids is 2. The van der Waals surface area contributed by atoms with Gasteiger partial charge in [-0.2, -0.15) is 0 Å². The Balaban J connectivity index is 1.72. The number of ketones is 2. The van der Waals surface area contributed by atoms with Gasteiger partial charge in [0, 0.05) is 25.4 Å². The third-order valence-corrected chi connectivity index (χ3v) is 3.67. The predicted octanol–water partition coefficient (Wildman–Crippen LogP) is 1.10. The van der Waals surface area contributed by atoms with Gasteiger partial charge in [0.05, 0.1) is 12.7 Å². The van der Waals surface area contributed by atoms with Crippen molar-refractivity contribution in [1.82, 2.24) is 0 Å². The van der Waals surface area contributed by atoms with E-state index in [2.05, 4.69) is 0 Å². The SMILES string of the molecule is O=C(CCC1CC1)C(=O)CC1COCCC1O. The average Bonchev–Trinajstić information content (AvgIpc) is 3.13. The van der Waals surface area contributed by atoms with Crippen LogP contribution >= 0.6 is 0 Å². The molecule has 4 heteroatoms. The summed E-state index contributed by atoms with van der Waals surface area (Å²) in [5.74, 6) is -0.119. The van der Waals surface area contributed by atoms with Gasteiger partial charge >= 0.3 is 0 Å². The smallest absolute Gasteiger partial charge is 0.198 e. The molecule has 1 saturated heterocycles. The summed E-state index contributed by atoms with van der Waals surface area (Å²) in [4.78, 5) is 23.3. The molecule has 17 heavy (non-hydrogen) atoms. The molecule has 0 spiro atoms. The Morgan fingerprint density at radius 1 is 1.18 bits per heavy atom. The maximum absolute atomic E-state index is 11.7.